The van der Waals surface area contributed by atoms with Crippen molar-refractivity contribution in [1.29, 1.82) is 0 Å². The summed E-state index contributed by atoms with van der Waals surface area (Å²) in [4.78, 5) is 36.9. The number of aromatic nitrogens is 3. The molecule has 1 aromatic heterocycles. The first kappa shape index (κ1) is 18.7. The molecule has 2 fully saturated rings. The number of aliphatic hydroxyl groups is 1. The summed E-state index contributed by atoms with van der Waals surface area (Å²) in [5.74, 6) is -1.48. The molecule has 2 aliphatic heterocycles. The van der Waals surface area contributed by atoms with Gasteiger partial charge in [-0.1, -0.05) is 0 Å². The SMILES string of the molecule is CCOC(=O)CC[C@]1(C)OC2C(CO)OC(n3ncc(=O)[nH]c3=O)C2O1. The predicted molar refractivity (Wildman–Crippen MR) is 84.1 cm³/mol. The van der Waals surface area contributed by atoms with E-state index >= 15 is 0 Å². The Balaban J connectivity index is 1.79. The zero-order valence-electron chi connectivity index (χ0n) is 14.4. The van der Waals surface area contributed by atoms with Gasteiger partial charge >= 0.3 is 11.7 Å². The highest BCUT2D eigenvalue weighted by atomic mass is 16.8. The van der Waals surface area contributed by atoms with E-state index in [0.717, 1.165) is 10.9 Å². The lowest BCUT2D eigenvalue weighted by molar-refractivity contribution is -0.216. The van der Waals surface area contributed by atoms with Gasteiger partial charge in [0.1, 0.15) is 24.5 Å². The van der Waals surface area contributed by atoms with Crippen LogP contribution in [0.3, 0.4) is 0 Å². The van der Waals surface area contributed by atoms with Gasteiger partial charge in [-0.3, -0.25) is 14.6 Å². The number of hydrogen-bond donors (Lipinski definition) is 2. The molecule has 0 aliphatic carbocycles. The van der Waals surface area contributed by atoms with Gasteiger partial charge in [-0.15, -0.1) is 0 Å². The highest BCUT2D eigenvalue weighted by Crippen LogP contribution is 2.44. The van der Waals surface area contributed by atoms with Crippen molar-refractivity contribution >= 4 is 5.97 Å². The van der Waals surface area contributed by atoms with Crippen LogP contribution < -0.4 is 11.2 Å². The van der Waals surface area contributed by atoms with E-state index in [1.807, 2.05) is 0 Å². The smallest absolute Gasteiger partial charge is 0.347 e. The summed E-state index contributed by atoms with van der Waals surface area (Å²) >= 11 is 0. The Bertz CT molecular complexity index is 777. The van der Waals surface area contributed by atoms with Crippen molar-refractivity contribution in [3.63, 3.8) is 0 Å². The fourth-order valence-corrected chi connectivity index (χ4v) is 3.15. The monoisotopic (exact) mass is 371 g/mol. The van der Waals surface area contributed by atoms with E-state index < -0.39 is 41.6 Å². The first-order valence-corrected chi connectivity index (χ1v) is 8.32. The van der Waals surface area contributed by atoms with Crippen molar-refractivity contribution in [1.82, 2.24) is 14.8 Å². The first-order valence-electron chi connectivity index (χ1n) is 8.32. The van der Waals surface area contributed by atoms with Crippen LogP contribution in [-0.2, 0) is 23.7 Å². The number of esters is 1. The molecule has 0 bridgehead atoms. The molecule has 2 N–H and O–H groups in total. The summed E-state index contributed by atoms with van der Waals surface area (Å²) in [5.41, 5.74) is -1.40. The maximum Gasteiger partial charge on any atom is 0.347 e. The van der Waals surface area contributed by atoms with Crippen LogP contribution in [0, 0.1) is 0 Å². The van der Waals surface area contributed by atoms with E-state index in [-0.39, 0.29) is 32.0 Å². The molecule has 0 aromatic carbocycles. The highest BCUT2D eigenvalue weighted by Gasteiger charge is 2.57. The molecular formula is C15H21N3O8. The largest absolute Gasteiger partial charge is 0.466 e. The van der Waals surface area contributed by atoms with Gasteiger partial charge in [0.25, 0.3) is 5.56 Å². The Morgan fingerprint density at radius 2 is 2.15 bits per heavy atom. The summed E-state index contributed by atoms with van der Waals surface area (Å²) in [6, 6.07) is 0. The molecule has 1 aromatic rings. The predicted octanol–water partition coefficient (Wildman–Crippen LogP) is -1.34. The van der Waals surface area contributed by atoms with Crippen LogP contribution in [0.1, 0.15) is 32.9 Å². The molecule has 3 heterocycles. The standard InChI is InChI=1S/C15H21N3O8/c1-3-23-10(21)4-5-15(2)25-11-8(7-19)24-13(12(11)26-15)18-14(22)17-9(20)6-16-18/h6,8,11-13,19H,3-5,7H2,1-2H3,(H,17,20,22)/t8?,11?,12?,13?,15-/m1/s1. The minimum absolute atomic E-state index is 0.0932. The number of ether oxygens (including phenoxy) is 4. The van der Waals surface area contributed by atoms with Crippen LogP contribution in [0.25, 0.3) is 0 Å². The topological polar surface area (TPSA) is 142 Å². The van der Waals surface area contributed by atoms with E-state index in [0.29, 0.717) is 0 Å². The Hall–Kier alpha value is -2.08. The summed E-state index contributed by atoms with van der Waals surface area (Å²) in [6.45, 7) is 3.31. The highest BCUT2D eigenvalue weighted by molar-refractivity contribution is 5.69. The van der Waals surface area contributed by atoms with Gasteiger partial charge in [0.05, 0.1) is 19.6 Å². The van der Waals surface area contributed by atoms with Crippen molar-refractivity contribution in [2.45, 2.75) is 57.0 Å². The van der Waals surface area contributed by atoms with E-state index in [1.54, 1.807) is 13.8 Å². The zero-order chi connectivity index (χ0) is 18.9. The number of hydrogen-bond acceptors (Lipinski definition) is 9. The molecule has 0 radical (unpaired) electrons. The Labute approximate surface area is 147 Å². The maximum atomic E-state index is 12.0. The van der Waals surface area contributed by atoms with Crippen LogP contribution in [-0.4, -0.2) is 63.2 Å². The number of H-pyrrole nitrogens is 1. The number of fused-ring (bicyclic) bond motifs is 1. The third kappa shape index (κ3) is 3.56. The van der Waals surface area contributed by atoms with Gasteiger partial charge in [0.15, 0.2) is 12.0 Å². The van der Waals surface area contributed by atoms with Gasteiger partial charge in [-0.2, -0.15) is 9.78 Å². The first-order chi connectivity index (χ1) is 12.4. The Morgan fingerprint density at radius 1 is 1.42 bits per heavy atom. The van der Waals surface area contributed by atoms with Crippen molar-refractivity contribution < 1.29 is 28.8 Å². The molecule has 11 nitrogen and oxygen atoms in total. The molecule has 2 saturated heterocycles. The number of aliphatic hydroxyl groups excluding tert-OH is 1. The van der Waals surface area contributed by atoms with Crippen LogP contribution in [0.4, 0.5) is 0 Å². The van der Waals surface area contributed by atoms with Gasteiger partial charge < -0.3 is 24.1 Å². The number of carbonyl (C=O) groups is 1. The third-order valence-corrected chi connectivity index (χ3v) is 4.30. The normalized spacial score (nSPS) is 33.2. The van der Waals surface area contributed by atoms with Gasteiger partial charge in [0, 0.05) is 6.42 Å². The fraction of sp³-hybridized carbons (Fsp3) is 0.733. The number of nitrogens with zero attached hydrogens (tertiary/aromatic N) is 2. The lowest BCUT2D eigenvalue weighted by Crippen LogP contribution is -2.39. The van der Waals surface area contributed by atoms with Crippen molar-refractivity contribution in [2.75, 3.05) is 13.2 Å². The quantitative estimate of drug-likeness (QED) is 0.581. The molecule has 2 aliphatic rings. The molecule has 0 amide bonds. The molecule has 5 atom stereocenters. The second-order valence-corrected chi connectivity index (χ2v) is 6.23. The summed E-state index contributed by atoms with van der Waals surface area (Å²) in [6.07, 6.45) is -1.84. The van der Waals surface area contributed by atoms with Crippen LogP contribution >= 0.6 is 0 Å². The molecule has 26 heavy (non-hydrogen) atoms. The number of nitrogens with one attached hydrogen (secondary N) is 1. The van der Waals surface area contributed by atoms with Gasteiger partial charge in [0.2, 0.25) is 0 Å². The van der Waals surface area contributed by atoms with E-state index in [4.69, 9.17) is 18.9 Å². The van der Waals surface area contributed by atoms with Crippen LogP contribution in [0.5, 0.6) is 0 Å². The summed E-state index contributed by atoms with van der Waals surface area (Å²) in [7, 11) is 0. The zero-order valence-corrected chi connectivity index (χ0v) is 14.4. The average Bonchev–Trinajstić information content (AvgIpc) is 3.09. The van der Waals surface area contributed by atoms with Crippen molar-refractivity contribution in [3.05, 3.63) is 27.0 Å². The Kier molecular flexibility index (Phi) is 5.23. The molecule has 3 rings (SSSR count). The Morgan fingerprint density at radius 3 is 2.81 bits per heavy atom. The minimum Gasteiger partial charge on any atom is -0.466 e. The van der Waals surface area contributed by atoms with Gasteiger partial charge in [-0.05, 0) is 13.8 Å². The molecule has 0 saturated carbocycles. The second-order valence-electron chi connectivity index (χ2n) is 6.23. The van der Waals surface area contributed by atoms with Crippen molar-refractivity contribution in [2.24, 2.45) is 0 Å². The fourth-order valence-electron chi connectivity index (χ4n) is 3.15. The van der Waals surface area contributed by atoms with Gasteiger partial charge in [-0.25, -0.2) is 4.79 Å². The molecule has 0 spiro atoms. The van der Waals surface area contributed by atoms with E-state index in [9.17, 15) is 19.5 Å². The summed E-state index contributed by atoms with van der Waals surface area (Å²) in [5, 5.41) is 13.3. The minimum atomic E-state index is -1.11. The second kappa shape index (κ2) is 7.27. The lowest BCUT2D eigenvalue weighted by Gasteiger charge is -2.27. The maximum absolute atomic E-state index is 12.0. The van der Waals surface area contributed by atoms with E-state index in [2.05, 4.69) is 10.1 Å². The third-order valence-electron chi connectivity index (χ3n) is 4.30. The lowest BCUT2D eigenvalue weighted by atomic mass is 10.1. The molecule has 144 valence electrons. The summed E-state index contributed by atoms with van der Waals surface area (Å²) < 4.78 is 23.3. The number of rotatable bonds is 6. The number of carbonyl (C=O) groups excluding carboxylic acids is 1. The molecular weight excluding hydrogens is 350 g/mol. The van der Waals surface area contributed by atoms with Crippen molar-refractivity contribution in [3.8, 4) is 0 Å². The molecule has 11 heteroatoms. The van der Waals surface area contributed by atoms with E-state index in [1.165, 1.54) is 0 Å². The molecule has 4 unspecified atom stereocenters. The van der Waals surface area contributed by atoms with Crippen LogP contribution in [0.15, 0.2) is 15.8 Å². The number of aromatic amines is 1. The average molecular weight is 371 g/mol. The van der Waals surface area contributed by atoms with Crippen LogP contribution in [0.2, 0.25) is 0 Å².